The Kier molecular flexibility index (Phi) is 6.21. The molecule has 146 valence electrons. The van der Waals surface area contributed by atoms with Crippen molar-refractivity contribution in [3.05, 3.63) is 64.3 Å². The van der Waals surface area contributed by atoms with Crippen LogP contribution in [-0.2, 0) is 11.4 Å². The molecule has 28 heavy (non-hydrogen) atoms. The van der Waals surface area contributed by atoms with Gasteiger partial charge in [0.15, 0.2) is 16.6 Å². The minimum atomic E-state index is -0.1000. The van der Waals surface area contributed by atoms with Gasteiger partial charge in [-0.05, 0) is 60.6 Å². The van der Waals surface area contributed by atoms with Crippen LogP contribution in [0.1, 0.15) is 18.1 Å². The highest BCUT2D eigenvalue weighted by Crippen LogP contribution is 2.31. The summed E-state index contributed by atoms with van der Waals surface area (Å²) < 4.78 is 11.3. The lowest BCUT2D eigenvalue weighted by Gasteiger charge is -2.14. The second-order valence-corrected chi connectivity index (χ2v) is 7.05. The van der Waals surface area contributed by atoms with Crippen LogP contribution in [-0.4, -0.2) is 41.5 Å². The summed E-state index contributed by atoms with van der Waals surface area (Å²) in [5.74, 6) is 1.11. The molecule has 0 bridgehead atoms. The van der Waals surface area contributed by atoms with Crippen LogP contribution in [0.5, 0.6) is 11.5 Å². The number of rotatable bonds is 6. The van der Waals surface area contributed by atoms with Crippen molar-refractivity contribution in [1.82, 2.24) is 9.80 Å². The number of thiocarbonyl (C=S) groups is 1. The smallest absolute Gasteiger partial charge is 0.276 e. The van der Waals surface area contributed by atoms with E-state index in [0.29, 0.717) is 40.5 Å². The van der Waals surface area contributed by atoms with E-state index < -0.39 is 0 Å². The largest absolute Gasteiger partial charge is 0.493 e. The molecule has 1 aliphatic rings. The lowest BCUT2D eigenvalue weighted by Crippen LogP contribution is -2.30. The third-order valence-corrected chi connectivity index (χ3v) is 5.20. The molecule has 0 spiro atoms. The van der Waals surface area contributed by atoms with Gasteiger partial charge in [0.05, 0.1) is 7.11 Å². The number of amides is 1. The van der Waals surface area contributed by atoms with Gasteiger partial charge in [0, 0.05) is 18.6 Å². The summed E-state index contributed by atoms with van der Waals surface area (Å²) in [6.45, 7) is 2.84. The zero-order valence-corrected chi connectivity index (χ0v) is 17.5. The number of hydrogen-bond acceptors (Lipinski definition) is 4. The molecule has 0 N–H and O–H groups in total. The molecule has 0 radical (unpaired) electrons. The first kappa shape index (κ1) is 20.2. The predicted octanol–water partition coefficient (Wildman–Crippen LogP) is 4.35. The Morgan fingerprint density at radius 2 is 1.86 bits per heavy atom. The van der Waals surface area contributed by atoms with Gasteiger partial charge in [0.1, 0.15) is 12.3 Å². The summed E-state index contributed by atoms with van der Waals surface area (Å²) in [5, 5.41) is 1.19. The summed E-state index contributed by atoms with van der Waals surface area (Å²) in [5.41, 5.74) is 2.36. The number of halogens is 1. The first-order chi connectivity index (χ1) is 13.4. The Balaban J connectivity index is 1.80. The van der Waals surface area contributed by atoms with Gasteiger partial charge in [0.25, 0.3) is 5.91 Å². The van der Waals surface area contributed by atoms with Crippen molar-refractivity contribution in [2.75, 3.05) is 20.7 Å². The minimum Gasteiger partial charge on any atom is -0.493 e. The number of benzene rings is 2. The first-order valence-corrected chi connectivity index (χ1v) is 9.59. The Hall–Kier alpha value is -2.57. The van der Waals surface area contributed by atoms with E-state index in [0.717, 1.165) is 11.1 Å². The van der Waals surface area contributed by atoms with Gasteiger partial charge in [-0.1, -0.05) is 29.8 Å². The Morgan fingerprint density at radius 1 is 1.14 bits per heavy atom. The highest BCUT2D eigenvalue weighted by atomic mass is 35.5. The van der Waals surface area contributed by atoms with E-state index in [4.69, 9.17) is 33.3 Å². The molecule has 2 aromatic rings. The van der Waals surface area contributed by atoms with Gasteiger partial charge in [0.2, 0.25) is 0 Å². The van der Waals surface area contributed by atoms with Gasteiger partial charge in [-0.15, -0.1) is 0 Å². The van der Waals surface area contributed by atoms with E-state index >= 15 is 0 Å². The normalized spacial score (nSPS) is 15.5. The average molecular weight is 417 g/mol. The number of likely N-dealkylation sites (N-methyl/N-ethyl adjacent to an activating group) is 2. The number of carbonyl (C=O) groups is 1. The molecule has 1 fully saturated rings. The third kappa shape index (κ3) is 4.13. The van der Waals surface area contributed by atoms with Crippen LogP contribution < -0.4 is 9.47 Å². The van der Waals surface area contributed by atoms with Crippen LogP contribution in [0.25, 0.3) is 6.08 Å². The fourth-order valence-corrected chi connectivity index (χ4v) is 3.32. The fraction of sp³-hybridized carbons (Fsp3) is 0.238. The summed E-state index contributed by atoms with van der Waals surface area (Å²) in [6.07, 6.45) is 1.80. The molecular weight excluding hydrogens is 396 g/mol. The second kappa shape index (κ2) is 8.63. The maximum absolute atomic E-state index is 12.5. The lowest BCUT2D eigenvalue weighted by molar-refractivity contribution is -0.122. The van der Waals surface area contributed by atoms with Crippen molar-refractivity contribution in [2.24, 2.45) is 0 Å². The number of methoxy groups -OCH3 is 1. The average Bonchev–Trinajstić information content (AvgIpc) is 2.90. The third-order valence-electron chi connectivity index (χ3n) is 4.46. The quantitative estimate of drug-likeness (QED) is 0.517. The van der Waals surface area contributed by atoms with Gasteiger partial charge >= 0.3 is 0 Å². The maximum atomic E-state index is 12.5. The SMILES string of the molecule is CCN1C(=O)C(=Cc2ccc(OCc3ccc(Cl)cc3)c(OC)c2)N(C)C1=S. The van der Waals surface area contributed by atoms with Crippen molar-refractivity contribution < 1.29 is 14.3 Å². The van der Waals surface area contributed by atoms with E-state index in [-0.39, 0.29) is 5.91 Å². The molecule has 5 nitrogen and oxygen atoms in total. The topological polar surface area (TPSA) is 42.0 Å². The Bertz CT molecular complexity index is 928. The van der Waals surface area contributed by atoms with Crippen LogP contribution >= 0.6 is 23.8 Å². The van der Waals surface area contributed by atoms with E-state index in [1.54, 1.807) is 30.0 Å². The van der Waals surface area contributed by atoms with Crippen molar-refractivity contribution in [3.8, 4) is 11.5 Å². The van der Waals surface area contributed by atoms with E-state index in [1.807, 2.05) is 49.4 Å². The van der Waals surface area contributed by atoms with Crippen LogP contribution in [0, 0.1) is 0 Å². The monoisotopic (exact) mass is 416 g/mol. The standard InChI is InChI=1S/C21H21ClN2O3S/c1-4-24-20(25)17(23(2)21(24)28)11-15-7-10-18(19(12-15)26-3)27-13-14-5-8-16(22)9-6-14/h5-12H,4,13H2,1-3H3. The number of hydrogen-bond donors (Lipinski definition) is 0. The van der Waals surface area contributed by atoms with Crippen LogP contribution in [0.3, 0.4) is 0 Å². The summed E-state index contributed by atoms with van der Waals surface area (Å²) >= 11 is 11.2. The molecule has 0 aliphatic carbocycles. The summed E-state index contributed by atoms with van der Waals surface area (Å²) in [4.78, 5) is 15.8. The van der Waals surface area contributed by atoms with Gasteiger partial charge in [-0.2, -0.15) is 0 Å². The predicted molar refractivity (Wildman–Crippen MR) is 115 cm³/mol. The van der Waals surface area contributed by atoms with Gasteiger partial charge < -0.3 is 14.4 Å². The van der Waals surface area contributed by atoms with Crippen molar-refractivity contribution >= 4 is 40.9 Å². The molecule has 1 heterocycles. The van der Waals surface area contributed by atoms with Crippen LogP contribution in [0.15, 0.2) is 48.2 Å². The van der Waals surface area contributed by atoms with Crippen molar-refractivity contribution in [2.45, 2.75) is 13.5 Å². The van der Waals surface area contributed by atoms with E-state index in [9.17, 15) is 4.79 Å². The molecule has 0 saturated carbocycles. The van der Waals surface area contributed by atoms with Crippen LogP contribution in [0.4, 0.5) is 0 Å². The zero-order valence-electron chi connectivity index (χ0n) is 15.9. The lowest BCUT2D eigenvalue weighted by atomic mass is 10.1. The Morgan fingerprint density at radius 3 is 2.46 bits per heavy atom. The highest BCUT2D eigenvalue weighted by molar-refractivity contribution is 7.80. The summed E-state index contributed by atoms with van der Waals surface area (Å²) in [6, 6.07) is 13.0. The zero-order chi connectivity index (χ0) is 20.3. The highest BCUT2D eigenvalue weighted by Gasteiger charge is 2.34. The van der Waals surface area contributed by atoms with Crippen LogP contribution in [0.2, 0.25) is 5.02 Å². The number of carbonyl (C=O) groups excluding carboxylic acids is 1. The molecule has 0 unspecified atom stereocenters. The maximum Gasteiger partial charge on any atom is 0.276 e. The molecule has 0 atom stereocenters. The molecule has 0 aromatic heterocycles. The molecule has 2 aromatic carbocycles. The molecule has 3 rings (SSSR count). The first-order valence-electron chi connectivity index (χ1n) is 8.81. The van der Waals surface area contributed by atoms with Gasteiger partial charge in [-0.25, -0.2) is 0 Å². The molecule has 1 saturated heterocycles. The van der Waals surface area contributed by atoms with Gasteiger partial charge in [-0.3, -0.25) is 9.69 Å². The van der Waals surface area contributed by atoms with E-state index in [2.05, 4.69) is 0 Å². The molecular formula is C21H21ClN2O3S. The molecule has 1 aliphatic heterocycles. The van der Waals surface area contributed by atoms with Crippen molar-refractivity contribution in [3.63, 3.8) is 0 Å². The minimum absolute atomic E-state index is 0.1000. The van der Waals surface area contributed by atoms with Crippen molar-refractivity contribution in [1.29, 1.82) is 0 Å². The number of ether oxygens (including phenoxy) is 2. The summed E-state index contributed by atoms with van der Waals surface area (Å²) in [7, 11) is 3.38. The molecule has 7 heteroatoms. The molecule has 1 amide bonds. The number of nitrogens with zero attached hydrogens (tertiary/aromatic N) is 2. The Labute approximate surface area is 175 Å². The van der Waals surface area contributed by atoms with E-state index in [1.165, 1.54) is 0 Å². The fourth-order valence-electron chi connectivity index (χ4n) is 2.88. The second-order valence-electron chi connectivity index (χ2n) is 6.25.